The van der Waals surface area contributed by atoms with E-state index in [4.69, 9.17) is 41.0 Å². The summed E-state index contributed by atoms with van der Waals surface area (Å²) in [6, 6.07) is 11.1. The number of rotatable bonds is 10. The Balaban J connectivity index is 0.000000166. The van der Waals surface area contributed by atoms with Gasteiger partial charge in [0.15, 0.2) is 0 Å². The van der Waals surface area contributed by atoms with Gasteiger partial charge in [-0.25, -0.2) is 4.79 Å². The maximum absolute atomic E-state index is 12.9. The van der Waals surface area contributed by atoms with E-state index in [2.05, 4.69) is 20.4 Å². The van der Waals surface area contributed by atoms with Gasteiger partial charge >= 0.3 is 5.97 Å². The number of hydrogen-bond donors (Lipinski definition) is 3. The molecule has 400 valence electrons. The second-order valence-corrected chi connectivity index (χ2v) is 21.7. The van der Waals surface area contributed by atoms with E-state index in [1.165, 1.54) is 64.2 Å². The summed E-state index contributed by atoms with van der Waals surface area (Å²) in [6.45, 7) is 10.8. The number of carbonyl (C=O) groups is 6. The highest BCUT2D eigenvalue weighted by Gasteiger charge is 2.45. The van der Waals surface area contributed by atoms with Gasteiger partial charge in [-0.05, 0) is 181 Å². The number of halogens is 2. The lowest BCUT2D eigenvalue weighted by atomic mass is 9.77. The van der Waals surface area contributed by atoms with Crippen molar-refractivity contribution in [3.05, 3.63) is 58.7 Å². The first-order chi connectivity index (χ1) is 34.8. The van der Waals surface area contributed by atoms with E-state index in [9.17, 15) is 28.8 Å². The van der Waals surface area contributed by atoms with E-state index in [0.717, 1.165) is 88.1 Å². The summed E-state index contributed by atoms with van der Waals surface area (Å²) in [6.07, 6.45) is 16.0. The molecule has 6 atom stereocenters. The fraction of sp³-hybridized carbons (Fsp3) is 0.667. The maximum Gasteiger partial charge on any atom is 0.338 e. The number of likely N-dealkylation sites (tertiary alicyclic amines) is 2. The van der Waals surface area contributed by atoms with Crippen molar-refractivity contribution in [1.29, 1.82) is 0 Å². The van der Waals surface area contributed by atoms with E-state index in [1.54, 1.807) is 17.9 Å². The first-order valence-electron chi connectivity index (χ1n) is 26.6. The van der Waals surface area contributed by atoms with Crippen LogP contribution in [0.3, 0.4) is 0 Å². The highest BCUT2D eigenvalue weighted by atomic mass is 35.5. The number of alkyl halides is 1. The third-order valence-corrected chi connectivity index (χ3v) is 17.2. The lowest BCUT2D eigenvalue weighted by Gasteiger charge is -2.42. The lowest BCUT2D eigenvalue weighted by Crippen LogP contribution is -2.52. The van der Waals surface area contributed by atoms with Crippen molar-refractivity contribution in [2.24, 2.45) is 16.6 Å². The van der Waals surface area contributed by atoms with Gasteiger partial charge in [0.2, 0.25) is 23.6 Å². The molecule has 6 unspecified atom stereocenters. The second-order valence-electron chi connectivity index (χ2n) is 21.4. The van der Waals surface area contributed by atoms with Crippen molar-refractivity contribution in [2.75, 3.05) is 59.2 Å². The zero-order valence-electron chi connectivity index (χ0n) is 42.2. The fourth-order valence-electron chi connectivity index (χ4n) is 12.5. The smallest absolute Gasteiger partial charge is 0.338 e. The van der Waals surface area contributed by atoms with Crippen LogP contribution in [0, 0.1) is 10.8 Å². The van der Waals surface area contributed by atoms with Crippen LogP contribution in [0.25, 0.3) is 0 Å². The molecule has 7 aliphatic heterocycles. The molecule has 17 nitrogen and oxygen atoms in total. The predicted molar refractivity (Wildman–Crippen MR) is 274 cm³/mol. The van der Waals surface area contributed by atoms with Crippen molar-refractivity contribution in [2.45, 2.75) is 158 Å². The minimum atomic E-state index is -0.589. The van der Waals surface area contributed by atoms with Gasteiger partial charge in [-0.2, -0.15) is 0 Å². The summed E-state index contributed by atoms with van der Waals surface area (Å²) in [5, 5.41) is 4.48. The van der Waals surface area contributed by atoms with Crippen LogP contribution in [0.5, 0.6) is 11.5 Å². The molecule has 4 N–H and O–H groups in total. The monoisotopic (exact) mass is 1050 g/mol. The molecule has 2 aromatic rings. The molecule has 5 amide bonds. The summed E-state index contributed by atoms with van der Waals surface area (Å²) in [5.41, 5.74) is 8.92. The van der Waals surface area contributed by atoms with Crippen molar-refractivity contribution in [3.63, 3.8) is 0 Å². The quantitative estimate of drug-likeness (QED) is 0.146. The van der Waals surface area contributed by atoms with Gasteiger partial charge in [-0.3, -0.25) is 44.4 Å². The molecule has 0 bridgehead atoms. The number of carbonyl (C=O) groups excluding carboxylic acids is 6. The van der Waals surface area contributed by atoms with Gasteiger partial charge in [-0.1, -0.05) is 0 Å². The van der Waals surface area contributed by atoms with Crippen LogP contribution in [-0.2, 0) is 45.8 Å². The van der Waals surface area contributed by atoms with Crippen LogP contribution in [0.4, 0.5) is 0 Å². The molecule has 2 spiro atoms. The summed E-state index contributed by atoms with van der Waals surface area (Å²) in [4.78, 5) is 76.7. The van der Waals surface area contributed by atoms with Crippen LogP contribution in [0.2, 0.25) is 0 Å². The number of nitrogens with zero attached hydrogens (tertiary/aromatic N) is 3. The van der Waals surface area contributed by atoms with Gasteiger partial charge in [0, 0.05) is 56.1 Å². The van der Waals surface area contributed by atoms with Crippen LogP contribution >= 0.6 is 24.0 Å². The molecule has 9 aliphatic rings. The average molecular weight is 1050 g/mol. The molecule has 73 heavy (non-hydrogen) atoms. The Bertz CT molecular complexity index is 2310. The number of benzene rings is 2. The number of fused-ring (bicyclic) bond motifs is 1. The standard InChI is InChI=1S/C26H33N3O5.C23H32ClNO4.C5H8N2O2.ClH/c30-23-7-6-21(24(31)27-23)29-15-17-14-18(4-5-19(17)25(29)32)34-22-3-1-2-20(22)28-11-8-26(9-12-28)10-13-33-16-26;1-2-28-22(26)19-7-6-18(14-17(19)15-24)29-21-5-3-4-20(21)25-11-8-23(9-12-25)10-13-27-16-23;6-3-1-2-4(8)7-5(3)9;/h4-5,14,20-22H,1-3,6-13,15-16H2,(H,27,30,31);6-7,14,20-21H,2-5,8-13,15-16H2,1H3;3H,1-2,6H2,(H,7,8,9);1H. The number of hydrogen-bond acceptors (Lipinski definition) is 14. The van der Waals surface area contributed by atoms with Crippen LogP contribution < -0.4 is 25.8 Å². The Kier molecular flexibility index (Phi) is 18.5. The fourth-order valence-corrected chi connectivity index (χ4v) is 12.7. The number of nitrogens with two attached hydrogens (primary N) is 1. The molecular formula is C54H74Cl2N6O11. The van der Waals surface area contributed by atoms with Crippen LogP contribution in [-0.4, -0.2) is 146 Å². The number of nitrogens with one attached hydrogen (secondary N) is 2. The zero-order valence-corrected chi connectivity index (χ0v) is 43.8. The molecule has 19 heteroatoms. The number of piperidine rings is 4. The molecule has 2 saturated carbocycles. The van der Waals surface area contributed by atoms with Gasteiger partial charge in [0.05, 0.1) is 31.4 Å². The molecule has 6 saturated heterocycles. The lowest BCUT2D eigenvalue weighted by molar-refractivity contribution is -0.137. The molecule has 11 rings (SSSR count). The predicted octanol–water partition coefficient (Wildman–Crippen LogP) is 5.83. The van der Waals surface area contributed by atoms with Crippen molar-refractivity contribution >= 4 is 59.5 Å². The molecule has 2 aliphatic carbocycles. The topological polar surface area (TPSA) is 208 Å². The molecule has 0 radical (unpaired) electrons. The molecule has 2 aromatic carbocycles. The summed E-state index contributed by atoms with van der Waals surface area (Å²) in [5.74, 6) is 0.153. The number of imide groups is 2. The highest BCUT2D eigenvalue weighted by Crippen LogP contribution is 2.43. The second kappa shape index (κ2) is 24.5. The number of esters is 1. The van der Waals surface area contributed by atoms with E-state index in [1.807, 2.05) is 30.3 Å². The normalized spacial score (nSPS) is 28.6. The Morgan fingerprint density at radius 2 is 1.27 bits per heavy atom. The SMILES string of the molecule is CCOC(=O)c1ccc(OC2CCCC2N2CCC3(CCOC3)CC2)cc1CCl.Cl.NC1CCC(=O)NC1=O.O=C1CCC(N2Cc3cc(OC4CCCC4N4CCC5(CCOC5)CC4)ccc3C2=O)C(=O)N1. The third-order valence-electron chi connectivity index (χ3n) is 16.9. The molecule has 7 heterocycles. The minimum Gasteiger partial charge on any atom is -0.489 e. The molecular weight excluding hydrogens is 980 g/mol. The summed E-state index contributed by atoms with van der Waals surface area (Å²) >= 11 is 6.09. The van der Waals surface area contributed by atoms with Crippen LogP contribution in [0.1, 0.15) is 141 Å². The van der Waals surface area contributed by atoms with Gasteiger partial charge in [0.1, 0.15) is 29.7 Å². The van der Waals surface area contributed by atoms with Crippen molar-refractivity contribution in [1.82, 2.24) is 25.3 Å². The number of amides is 5. The largest absolute Gasteiger partial charge is 0.489 e. The van der Waals surface area contributed by atoms with Gasteiger partial charge in [0.25, 0.3) is 5.91 Å². The number of ether oxygens (including phenoxy) is 5. The Morgan fingerprint density at radius 3 is 1.78 bits per heavy atom. The van der Waals surface area contributed by atoms with E-state index < -0.39 is 12.1 Å². The Morgan fingerprint density at radius 1 is 0.726 bits per heavy atom. The highest BCUT2D eigenvalue weighted by molar-refractivity contribution is 6.17. The maximum atomic E-state index is 12.9. The van der Waals surface area contributed by atoms with Crippen LogP contribution in [0.15, 0.2) is 36.4 Å². The van der Waals surface area contributed by atoms with Gasteiger partial charge in [-0.15, -0.1) is 24.0 Å². The zero-order chi connectivity index (χ0) is 50.4. The first-order valence-corrected chi connectivity index (χ1v) is 27.1. The van der Waals surface area contributed by atoms with E-state index in [0.29, 0.717) is 66.5 Å². The van der Waals surface area contributed by atoms with Gasteiger partial charge < -0.3 is 34.3 Å². The van der Waals surface area contributed by atoms with Crippen molar-refractivity contribution in [3.8, 4) is 11.5 Å². The summed E-state index contributed by atoms with van der Waals surface area (Å²) in [7, 11) is 0. The minimum absolute atomic E-state index is 0. The molecule has 8 fully saturated rings. The third kappa shape index (κ3) is 12.8. The molecule has 0 aromatic heterocycles. The van der Waals surface area contributed by atoms with E-state index in [-0.39, 0.29) is 72.4 Å². The average Bonchev–Trinajstić information content (AvgIpc) is 4.26. The van der Waals surface area contributed by atoms with Crippen molar-refractivity contribution < 1.29 is 52.5 Å². The summed E-state index contributed by atoms with van der Waals surface area (Å²) < 4.78 is 29.4. The van der Waals surface area contributed by atoms with E-state index >= 15 is 0 Å². The Hall–Kier alpha value is -4.36. The first kappa shape index (κ1) is 54.9. The Labute approximate surface area is 439 Å².